The first kappa shape index (κ1) is 16.0. The molecule has 0 fully saturated rings. The minimum Gasteiger partial charge on any atom is -0.358 e. The summed E-state index contributed by atoms with van der Waals surface area (Å²) in [5, 5.41) is 3.93. The van der Waals surface area contributed by atoms with Crippen molar-refractivity contribution in [1.29, 1.82) is 0 Å². The maximum Gasteiger partial charge on any atom is 0.242 e. The topological polar surface area (TPSA) is 70.7 Å². The van der Waals surface area contributed by atoms with E-state index in [0.717, 1.165) is 26.5 Å². The number of H-pyrrole nitrogens is 1. The third kappa shape index (κ3) is 3.11. The van der Waals surface area contributed by atoms with Crippen molar-refractivity contribution >= 4 is 46.1 Å². The van der Waals surface area contributed by atoms with Crippen LogP contribution in [0, 0.1) is 20.8 Å². The van der Waals surface area contributed by atoms with E-state index in [-0.39, 0.29) is 5.91 Å². The van der Waals surface area contributed by atoms with Gasteiger partial charge in [0.2, 0.25) is 11.9 Å². The van der Waals surface area contributed by atoms with Crippen LogP contribution in [0.2, 0.25) is 0 Å². The monoisotopic (exact) mass is 346 g/mol. The van der Waals surface area contributed by atoms with E-state index >= 15 is 0 Å². The van der Waals surface area contributed by atoms with Gasteiger partial charge in [-0.25, -0.2) is 0 Å². The number of aromatic nitrogens is 3. The SMILES string of the molecule is CSc1nc(NC(=O)Cc2c(C)[nH]c3c(C)ccc(C)c23)ns1. The second-order valence-electron chi connectivity index (χ2n) is 5.49. The van der Waals surface area contributed by atoms with E-state index in [1.807, 2.05) is 13.2 Å². The Morgan fingerprint density at radius 2 is 2.04 bits per heavy atom. The molecule has 0 bridgehead atoms. The minimum absolute atomic E-state index is 0.0969. The zero-order valence-corrected chi connectivity index (χ0v) is 15.1. The standard InChI is InChI=1S/C16H18N4OS2/c1-8-5-6-9(2)14-13(8)11(10(3)17-14)7-12(21)18-15-19-16(22-4)23-20-15/h5-6,17H,7H2,1-4H3,(H,18,20,21). The predicted molar refractivity (Wildman–Crippen MR) is 96.5 cm³/mol. The van der Waals surface area contributed by atoms with Gasteiger partial charge >= 0.3 is 0 Å². The number of fused-ring (bicyclic) bond motifs is 1. The summed E-state index contributed by atoms with van der Waals surface area (Å²) in [4.78, 5) is 20.0. The Kier molecular flexibility index (Phi) is 4.41. The zero-order chi connectivity index (χ0) is 16.6. The van der Waals surface area contributed by atoms with Gasteiger partial charge in [0.15, 0.2) is 4.34 Å². The number of rotatable bonds is 4. The molecule has 0 radical (unpaired) electrons. The van der Waals surface area contributed by atoms with Gasteiger partial charge in [-0.05, 0) is 55.2 Å². The Balaban J connectivity index is 1.87. The molecule has 0 atom stereocenters. The molecule has 23 heavy (non-hydrogen) atoms. The number of amides is 1. The largest absolute Gasteiger partial charge is 0.358 e. The van der Waals surface area contributed by atoms with Crippen molar-refractivity contribution in [2.75, 3.05) is 11.6 Å². The number of benzene rings is 1. The van der Waals surface area contributed by atoms with E-state index in [1.165, 1.54) is 34.4 Å². The minimum atomic E-state index is -0.0969. The molecular weight excluding hydrogens is 328 g/mol. The van der Waals surface area contributed by atoms with Crippen molar-refractivity contribution in [2.24, 2.45) is 0 Å². The average Bonchev–Trinajstić information content (AvgIpc) is 3.09. The van der Waals surface area contributed by atoms with Crippen LogP contribution in [0.5, 0.6) is 0 Å². The Labute approximate surface area is 143 Å². The second kappa shape index (κ2) is 6.33. The highest BCUT2D eigenvalue weighted by atomic mass is 32.2. The number of aryl methyl sites for hydroxylation is 3. The third-order valence-corrected chi connectivity index (χ3v) is 5.54. The lowest BCUT2D eigenvalue weighted by Gasteiger charge is -2.05. The fraction of sp³-hybridized carbons (Fsp3) is 0.312. The maximum atomic E-state index is 12.4. The van der Waals surface area contributed by atoms with E-state index < -0.39 is 0 Å². The summed E-state index contributed by atoms with van der Waals surface area (Å²) in [6, 6.07) is 4.19. The predicted octanol–water partition coefficient (Wildman–Crippen LogP) is 3.85. The molecule has 2 aromatic heterocycles. The molecule has 0 saturated carbocycles. The third-order valence-electron chi connectivity index (χ3n) is 3.86. The summed E-state index contributed by atoms with van der Waals surface area (Å²) >= 11 is 2.81. The molecule has 120 valence electrons. The molecular formula is C16H18N4OS2. The van der Waals surface area contributed by atoms with Crippen molar-refractivity contribution in [2.45, 2.75) is 31.5 Å². The fourth-order valence-electron chi connectivity index (χ4n) is 2.71. The van der Waals surface area contributed by atoms with Crippen molar-refractivity contribution < 1.29 is 4.79 Å². The van der Waals surface area contributed by atoms with Crippen LogP contribution < -0.4 is 5.32 Å². The number of hydrogen-bond acceptors (Lipinski definition) is 5. The van der Waals surface area contributed by atoms with Gasteiger partial charge in [-0.1, -0.05) is 23.9 Å². The van der Waals surface area contributed by atoms with Crippen molar-refractivity contribution in [3.05, 3.63) is 34.5 Å². The summed E-state index contributed by atoms with van der Waals surface area (Å²) in [5.41, 5.74) is 5.55. The Morgan fingerprint density at radius 1 is 1.30 bits per heavy atom. The number of thioether (sulfide) groups is 1. The molecule has 0 unspecified atom stereocenters. The van der Waals surface area contributed by atoms with Crippen molar-refractivity contribution in [1.82, 2.24) is 14.3 Å². The number of carbonyl (C=O) groups is 1. The molecule has 1 aromatic carbocycles. The summed E-state index contributed by atoms with van der Waals surface area (Å²) in [6.45, 7) is 6.16. The highest BCUT2D eigenvalue weighted by molar-refractivity contribution is 8.00. The maximum absolute atomic E-state index is 12.4. The van der Waals surface area contributed by atoms with Crippen molar-refractivity contribution in [3.8, 4) is 0 Å². The number of nitrogens with one attached hydrogen (secondary N) is 2. The summed E-state index contributed by atoms with van der Waals surface area (Å²) in [6.07, 6.45) is 2.25. The molecule has 3 rings (SSSR count). The van der Waals surface area contributed by atoms with Gasteiger partial charge in [0.25, 0.3) is 0 Å². The highest BCUT2D eigenvalue weighted by Crippen LogP contribution is 2.28. The van der Waals surface area contributed by atoms with E-state index in [0.29, 0.717) is 12.4 Å². The van der Waals surface area contributed by atoms with Crippen LogP contribution >= 0.6 is 23.3 Å². The van der Waals surface area contributed by atoms with Crippen LogP contribution in [-0.2, 0) is 11.2 Å². The van der Waals surface area contributed by atoms with Crippen LogP contribution in [0.25, 0.3) is 10.9 Å². The van der Waals surface area contributed by atoms with E-state index in [1.54, 1.807) is 0 Å². The van der Waals surface area contributed by atoms with Crippen LogP contribution in [-0.4, -0.2) is 26.5 Å². The smallest absolute Gasteiger partial charge is 0.242 e. The number of carbonyl (C=O) groups excluding carboxylic acids is 1. The molecule has 2 N–H and O–H groups in total. The number of nitrogens with zero attached hydrogens (tertiary/aromatic N) is 2. The highest BCUT2D eigenvalue weighted by Gasteiger charge is 2.16. The van der Waals surface area contributed by atoms with Gasteiger partial charge in [-0.3, -0.25) is 10.1 Å². The number of aromatic amines is 1. The van der Waals surface area contributed by atoms with Gasteiger partial charge < -0.3 is 4.98 Å². The fourth-order valence-corrected chi connectivity index (χ4v) is 3.67. The number of hydrogen-bond donors (Lipinski definition) is 2. The second-order valence-corrected chi connectivity index (χ2v) is 7.30. The number of anilines is 1. The van der Waals surface area contributed by atoms with Gasteiger partial charge in [0.05, 0.1) is 6.42 Å². The average molecular weight is 346 g/mol. The van der Waals surface area contributed by atoms with Crippen LogP contribution in [0.3, 0.4) is 0 Å². The lowest BCUT2D eigenvalue weighted by atomic mass is 10.0. The molecule has 2 heterocycles. The molecule has 1 amide bonds. The van der Waals surface area contributed by atoms with E-state index in [4.69, 9.17) is 0 Å². The van der Waals surface area contributed by atoms with Crippen molar-refractivity contribution in [3.63, 3.8) is 0 Å². The molecule has 0 saturated heterocycles. The summed E-state index contributed by atoms with van der Waals surface area (Å²) in [7, 11) is 0. The normalized spacial score (nSPS) is 11.1. The Bertz CT molecular complexity index is 882. The molecule has 5 nitrogen and oxygen atoms in total. The molecule has 0 aliphatic carbocycles. The molecule has 0 aliphatic heterocycles. The van der Waals surface area contributed by atoms with Gasteiger partial charge in [0, 0.05) is 16.6 Å². The quantitative estimate of drug-likeness (QED) is 0.704. The van der Waals surface area contributed by atoms with Crippen LogP contribution in [0.15, 0.2) is 16.5 Å². The molecule has 0 spiro atoms. The first-order chi connectivity index (χ1) is 11.0. The summed E-state index contributed by atoms with van der Waals surface area (Å²) in [5.74, 6) is 0.287. The molecule has 7 heteroatoms. The first-order valence-electron chi connectivity index (χ1n) is 7.24. The molecule has 0 aliphatic rings. The van der Waals surface area contributed by atoms with E-state index in [2.05, 4.69) is 45.6 Å². The van der Waals surface area contributed by atoms with Gasteiger partial charge in [-0.2, -0.15) is 9.36 Å². The van der Waals surface area contributed by atoms with E-state index in [9.17, 15) is 4.79 Å². The van der Waals surface area contributed by atoms with Crippen LogP contribution in [0.4, 0.5) is 5.95 Å². The van der Waals surface area contributed by atoms with Gasteiger partial charge in [-0.15, -0.1) is 0 Å². The lowest BCUT2D eigenvalue weighted by Crippen LogP contribution is -2.15. The van der Waals surface area contributed by atoms with Crippen LogP contribution in [0.1, 0.15) is 22.4 Å². The Morgan fingerprint density at radius 3 is 2.74 bits per heavy atom. The Hall–Kier alpha value is -1.86. The lowest BCUT2D eigenvalue weighted by molar-refractivity contribution is -0.115. The zero-order valence-electron chi connectivity index (χ0n) is 13.5. The van der Waals surface area contributed by atoms with Gasteiger partial charge in [0.1, 0.15) is 0 Å². The first-order valence-corrected chi connectivity index (χ1v) is 9.24. The molecule has 3 aromatic rings. The summed E-state index contributed by atoms with van der Waals surface area (Å²) < 4.78 is 4.99.